The van der Waals surface area contributed by atoms with Crippen LogP contribution < -0.4 is 0 Å². The molecular formula is C16H10N2S. The van der Waals surface area contributed by atoms with Gasteiger partial charge in [0.15, 0.2) is 5.69 Å². The molecule has 1 heterocycles. The lowest BCUT2D eigenvalue weighted by molar-refractivity contribution is 1.40. The van der Waals surface area contributed by atoms with E-state index in [1.165, 1.54) is 0 Å². The number of hydrogen-bond acceptors (Lipinski definition) is 2. The van der Waals surface area contributed by atoms with E-state index < -0.39 is 0 Å². The lowest BCUT2D eigenvalue weighted by Gasteiger charge is -1.97. The Morgan fingerprint density at radius 2 is 1.63 bits per heavy atom. The molecule has 19 heavy (non-hydrogen) atoms. The second-order valence-electron chi connectivity index (χ2n) is 4.06. The number of rotatable bonds is 2. The van der Waals surface area contributed by atoms with Crippen LogP contribution >= 0.6 is 11.3 Å². The Labute approximate surface area is 115 Å². The summed E-state index contributed by atoms with van der Waals surface area (Å²) in [5, 5.41) is 3.04. The third-order valence-electron chi connectivity index (χ3n) is 2.82. The number of benzene rings is 2. The van der Waals surface area contributed by atoms with Crippen LogP contribution in [0.25, 0.3) is 26.7 Å². The lowest BCUT2D eigenvalue weighted by Crippen LogP contribution is -1.78. The Kier molecular flexibility index (Phi) is 3.09. The van der Waals surface area contributed by atoms with Gasteiger partial charge in [-0.05, 0) is 0 Å². The number of thiazole rings is 1. The van der Waals surface area contributed by atoms with E-state index in [1.54, 1.807) is 11.3 Å². The Balaban J connectivity index is 1.95. The van der Waals surface area contributed by atoms with Crippen LogP contribution in [-0.4, -0.2) is 4.98 Å². The van der Waals surface area contributed by atoms with Crippen LogP contribution in [0.2, 0.25) is 0 Å². The van der Waals surface area contributed by atoms with Crippen LogP contribution in [0.1, 0.15) is 0 Å². The molecule has 0 aliphatic carbocycles. The smallest absolute Gasteiger partial charge is 0.187 e. The highest BCUT2D eigenvalue weighted by Crippen LogP contribution is 2.29. The van der Waals surface area contributed by atoms with Crippen molar-refractivity contribution in [3.8, 4) is 21.8 Å². The molecule has 0 saturated heterocycles. The van der Waals surface area contributed by atoms with Gasteiger partial charge in [-0.2, -0.15) is 0 Å². The molecule has 0 aliphatic heterocycles. The Hall–Kier alpha value is -2.44. The molecule has 0 aliphatic rings. The van der Waals surface area contributed by atoms with Gasteiger partial charge in [0.1, 0.15) is 5.01 Å². The third-order valence-corrected chi connectivity index (χ3v) is 3.71. The van der Waals surface area contributed by atoms with E-state index in [0.29, 0.717) is 5.69 Å². The molecule has 0 radical (unpaired) electrons. The van der Waals surface area contributed by atoms with Crippen molar-refractivity contribution >= 4 is 17.0 Å². The number of aromatic nitrogens is 1. The molecule has 3 heteroatoms. The fourth-order valence-corrected chi connectivity index (χ4v) is 2.66. The molecule has 0 amide bonds. The normalized spacial score (nSPS) is 10.1. The molecule has 1 aromatic heterocycles. The Morgan fingerprint density at radius 1 is 0.895 bits per heavy atom. The first-order chi connectivity index (χ1) is 9.36. The van der Waals surface area contributed by atoms with E-state index in [2.05, 4.69) is 27.3 Å². The third kappa shape index (κ3) is 2.40. The Morgan fingerprint density at radius 3 is 2.32 bits per heavy atom. The first kappa shape index (κ1) is 11.6. The molecule has 0 unspecified atom stereocenters. The topological polar surface area (TPSA) is 17.2 Å². The van der Waals surface area contributed by atoms with Gasteiger partial charge in [-0.3, -0.25) is 0 Å². The SMILES string of the molecule is [C-]#[N+]c1ccc(-c2nc(-c3ccccc3)cs2)cc1. The minimum atomic E-state index is 0.656. The number of hydrogen-bond donors (Lipinski definition) is 0. The molecule has 2 aromatic carbocycles. The summed E-state index contributed by atoms with van der Waals surface area (Å²) in [5.41, 5.74) is 3.83. The molecule has 0 saturated carbocycles. The van der Waals surface area contributed by atoms with E-state index in [-0.39, 0.29) is 0 Å². The zero-order chi connectivity index (χ0) is 13.1. The fourth-order valence-electron chi connectivity index (χ4n) is 1.83. The molecule has 0 spiro atoms. The van der Waals surface area contributed by atoms with Crippen molar-refractivity contribution in [2.24, 2.45) is 0 Å². The van der Waals surface area contributed by atoms with Gasteiger partial charge in [0, 0.05) is 16.5 Å². The summed E-state index contributed by atoms with van der Waals surface area (Å²) >= 11 is 1.62. The molecule has 3 aromatic rings. The number of nitrogens with zero attached hydrogens (tertiary/aromatic N) is 2. The van der Waals surface area contributed by atoms with E-state index in [0.717, 1.165) is 21.8 Å². The van der Waals surface area contributed by atoms with Crippen LogP contribution in [-0.2, 0) is 0 Å². The van der Waals surface area contributed by atoms with Gasteiger partial charge in [0.25, 0.3) is 0 Å². The van der Waals surface area contributed by atoms with Crippen molar-refractivity contribution in [1.29, 1.82) is 0 Å². The highest BCUT2D eigenvalue weighted by atomic mass is 32.1. The van der Waals surface area contributed by atoms with E-state index in [1.807, 2.05) is 42.5 Å². The maximum absolute atomic E-state index is 6.95. The van der Waals surface area contributed by atoms with E-state index in [9.17, 15) is 0 Å². The second-order valence-corrected chi connectivity index (χ2v) is 4.92. The largest absolute Gasteiger partial charge is 0.238 e. The Bertz CT molecular complexity index is 721. The van der Waals surface area contributed by atoms with Gasteiger partial charge < -0.3 is 0 Å². The molecule has 0 atom stereocenters. The highest BCUT2D eigenvalue weighted by Gasteiger charge is 2.06. The average molecular weight is 262 g/mol. The summed E-state index contributed by atoms with van der Waals surface area (Å²) in [6.45, 7) is 6.95. The summed E-state index contributed by atoms with van der Waals surface area (Å²) in [7, 11) is 0. The molecule has 0 N–H and O–H groups in total. The zero-order valence-electron chi connectivity index (χ0n) is 10.1. The van der Waals surface area contributed by atoms with Crippen molar-refractivity contribution in [3.63, 3.8) is 0 Å². The summed E-state index contributed by atoms with van der Waals surface area (Å²) in [6.07, 6.45) is 0. The lowest BCUT2D eigenvalue weighted by atomic mass is 10.2. The summed E-state index contributed by atoms with van der Waals surface area (Å²) in [5.74, 6) is 0. The highest BCUT2D eigenvalue weighted by molar-refractivity contribution is 7.13. The fraction of sp³-hybridized carbons (Fsp3) is 0. The maximum Gasteiger partial charge on any atom is 0.187 e. The van der Waals surface area contributed by atoms with E-state index >= 15 is 0 Å². The van der Waals surface area contributed by atoms with Crippen molar-refractivity contribution in [3.05, 3.63) is 71.4 Å². The van der Waals surface area contributed by atoms with Crippen LogP contribution in [0.15, 0.2) is 60.0 Å². The maximum atomic E-state index is 6.95. The average Bonchev–Trinajstić information content (AvgIpc) is 2.98. The van der Waals surface area contributed by atoms with Gasteiger partial charge in [-0.15, -0.1) is 11.3 Å². The summed E-state index contributed by atoms with van der Waals surface area (Å²) in [4.78, 5) is 8.04. The van der Waals surface area contributed by atoms with Crippen molar-refractivity contribution in [2.45, 2.75) is 0 Å². The summed E-state index contributed by atoms with van der Waals surface area (Å²) in [6, 6.07) is 17.7. The van der Waals surface area contributed by atoms with Crippen molar-refractivity contribution in [2.75, 3.05) is 0 Å². The molecular weight excluding hydrogens is 252 g/mol. The quantitative estimate of drug-likeness (QED) is 0.592. The monoisotopic (exact) mass is 262 g/mol. The van der Waals surface area contributed by atoms with Gasteiger partial charge in [-0.25, -0.2) is 9.83 Å². The van der Waals surface area contributed by atoms with Gasteiger partial charge in [0.05, 0.1) is 12.3 Å². The van der Waals surface area contributed by atoms with Crippen LogP contribution in [0.3, 0.4) is 0 Å². The van der Waals surface area contributed by atoms with Gasteiger partial charge in [-0.1, -0.05) is 54.6 Å². The van der Waals surface area contributed by atoms with Crippen LogP contribution in [0.4, 0.5) is 5.69 Å². The minimum absolute atomic E-state index is 0.656. The zero-order valence-corrected chi connectivity index (χ0v) is 10.9. The first-order valence-corrected chi connectivity index (χ1v) is 6.73. The van der Waals surface area contributed by atoms with Crippen molar-refractivity contribution < 1.29 is 0 Å². The molecule has 2 nitrogen and oxygen atoms in total. The van der Waals surface area contributed by atoms with Crippen molar-refractivity contribution in [1.82, 2.24) is 4.98 Å². The van der Waals surface area contributed by atoms with Gasteiger partial charge in [0.2, 0.25) is 0 Å². The van der Waals surface area contributed by atoms with Crippen LogP contribution in [0.5, 0.6) is 0 Å². The molecule has 0 fully saturated rings. The first-order valence-electron chi connectivity index (χ1n) is 5.85. The van der Waals surface area contributed by atoms with E-state index in [4.69, 9.17) is 6.57 Å². The summed E-state index contributed by atoms with van der Waals surface area (Å²) < 4.78 is 0. The predicted molar refractivity (Wildman–Crippen MR) is 79.2 cm³/mol. The van der Waals surface area contributed by atoms with Gasteiger partial charge >= 0.3 is 0 Å². The predicted octanol–water partition coefficient (Wildman–Crippen LogP) is 5.03. The minimum Gasteiger partial charge on any atom is -0.238 e. The standard InChI is InChI=1S/C16H10N2S/c1-17-14-9-7-13(8-10-14)16-18-15(11-19-16)12-5-3-2-4-6-12/h2-11H. The molecule has 90 valence electrons. The molecule has 3 rings (SSSR count). The second kappa shape index (κ2) is 5.05. The molecule has 0 bridgehead atoms. The van der Waals surface area contributed by atoms with Crippen LogP contribution in [0, 0.1) is 6.57 Å².